The second-order valence-electron chi connectivity index (χ2n) is 7.34. The van der Waals surface area contributed by atoms with Crippen molar-refractivity contribution in [2.75, 3.05) is 13.2 Å². The Bertz CT molecular complexity index is 1030. The van der Waals surface area contributed by atoms with Gasteiger partial charge in [0.25, 0.3) is 0 Å². The van der Waals surface area contributed by atoms with E-state index in [9.17, 15) is 9.90 Å². The number of aromatic nitrogens is 1. The third kappa shape index (κ3) is 2.84. The molecule has 1 aromatic heterocycles. The molecule has 2 heterocycles. The highest BCUT2D eigenvalue weighted by Gasteiger charge is 2.41. The zero-order valence-corrected chi connectivity index (χ0v) is 15.4. The Hall–Kier alpha value is -2.89. The van der Waals surface area contributed by atoms with Crippen LogP contribution in [-0.2, 0) is 22.3 Å². The van der Waals surface area contributed by atoms with Crippen LogP contribution in [0.2, 0.25) is 0 Å². The van der Waals surface area contributed by atoms with Crippen LogP contribution < -0.4 is 0 Å². The van der Waals surface area contributed by atoms with E-state index >= 15 is 0 Å². The van der Waals surface area contributed by atoms with Crippen LogP contribution in [0.1, 0.15) is 28.0 Å². The van der Waals surface area contributed by atoms with E-state index in [-0.39, 0.29) is 5.56 Å². The summed E-state index contributed by atoms with van der Waals surface area (Å²) in [4.78, 5) is 11.5. The van der Waals surface area contributed by atoms with Crippen molar-refractivity contribution in [3.63, 3.8) is 0 Å². The first-order valence-electron chi connectivity index (χ1n) is 9.56. The van der Waals surface area contributed by atoms with Gasteiger partial charge in [-0.05, 0) is 41.8 Å². The van der Waals surface area contributed by atoms with Crippen molar-refractivity contribution in [2.24, 2.45) is 0 Å². The second-order valence-corrected chi connectivity index (χ2v) is 7.34. The van der Waals surface area contributed by atoms with Crippen LogP contribution in [0.4, 0.5) is 0 Å². The predicted molar refractivity (Wildman–Crippen MR) is 105 cm³/mol. The lowest BCUT2D eigenvalue weighted by Gasteiger charge is -2.32. The number of carboxylic acids is 1. The standard InChI is InChI=1S/C23H21NO4/c25-22(26)17-7-4-8-19(13-17)24-20-9-10-23(27-11-12-28-23)15-18(20)14-21(24)16-5-2-1-3-6-16/h1-8,13-14H,9-12,15H2,(H,25,26). The lowest BCUT2D eigenvalue weighted by atomic mass is 9.92. The largest absolute Gasteiger partial charge is 0.478 e. The maximum Gasteiger partial charge on any atom is 0.335 e. The number of hydrogen-bond acceptors (Lipinski definition) is 3. The van der Waals surface area contributed by atoms with Crippen LogP contribution in [0.25, 0.3) is 16.9 Å². The molecular weight excluding hydrogens is 354 g/mol. The van der Waals surface area contributed by atoms with E-state index in [0.29, 0.717) is 19.6 Å². The summed E-state index contributed by atoms with van der Waals surface area (Å²) in [5.74, 6) is -1.42. The molecule has 0 unspecified atom stereocenters. The van der Waals surface area contributed by atoms with Crippen molar-refractivity contribution < 1.29 is 19.4 Å². The average Bonchev–Trinajstić information content (AvgIpc) is 3.33. The summed E-state index contributed by atoms with van der Waals surface area (Å²) in [7, 11) is 0. The number of carbonyl (C=O) groups is 1. The van der Waals surface area contributed by atoms with Crippen molar-refractivity contribution in [2.45, 2.75) is 25.0 Å². The van der Waals surface area contributed by atoms with Crippen LogP contribution >= 0.6 is 0 Å². The molecule has 5 nitrogen and oxygen atoms in total. The highest BCUT2D eigenvalue weighted by molar-refractivity contribution is 5.88. The average molecular weight is 375 g/mol. The molecule has 5 rings (SSSR count). The molecule has 5 heteroatoms. The van der Waals surface area contributed by atoms with Crippen molar-refractivity contribution in [1.82, 2.24) is 4.57 Å². The summed E-state index contributed by atoms with van der Waals surface area (Å²) < 4.78 is 14.1. The maximum atomic E-state index is 11.5. The molecule has 142 valence electrons. The molecule has 1 aliphatic heterocycles. The zero-order valence-electron chi connectivity index (χ0n) is 15.4. The summed E-state index contributed by atoms with van der Waals surface area (Å²) in [6.45, 7) is 1.28. The van der Waals surface area contributed by atoms with E-state index in [1.807, 2.05) is 24.3 Å². The van der Waals surface area contributed by atoms with Gasteiger partial charge < -0.3 is 19.1 Å². The molecule has 2 aliphatic rings. The van der Waals surface area contributed by atoms with Crippen LogP contribution in [0.15, 0.2) is 60.7 Å². The summed E-state index contributed by atoms with van der Waals surface area (Å²) >= 11 is 0. The van der Waals surface area contributed by atoms with Gasteiger partial charge in [-0.15, -0.1) is 0 Å². The van der Waals surface area contributed by atoms with Crippen molar-refractivity contribution in [3.05, 3.63) is 77.5 Å². The van der Waals surface area contributed by atoms with Gasteiger partial charge in [0.2, 0.25) is 0 Å². The zero-order chi connectivity index (χ0) is 19.1. The number of hydrogen-bond donors (Lipinski definition) is 1. The monoisotopic (exact) mass is 375 g/mol. The number of carboxylic acid groups (broad SMARTS) is 1. The first-order chi connectivity index (χ1) is 13.7. The Morgan fingerprint density at radius 1 is 1.00 bits per heavy atom. The van der Waals surface area contributed by atoms with Gasteiger partial charge in [0.15, 0.2) is 5.79 Å². The molecule has 28 heavy (non-hydrogen) atoms. The third-order valence-electron chi connectivity index (χ3n) is 5.63. The predicted octanol–water partition coefficient (Wildman–Crippen LogP) is 4.07. The first kappa shape index (κ1) is 17.2. The molecule has 0 atom stereocenters. The molecule has 1 N–H and O–H groups in total. The van der Waals surface area contributed by atoms with E-state index in [1.54, 1.807) is 18.2 Å². The van der Waals surface area contributed by atoms with Gasteiger partial charge in [-0.3, -0.25) is 0 Å². The van der Waals surface area contributed by atoms with Crippen molar-refractivity contribution >= 4 is 5.97 Å². The van der Waals surface area contributed by atoms with Crippen molar-refractivity contribution in [1.29, 1.82) is 0 Å². The SMILES string of the molecule is O=C(O)c1cccc(-n2c(-c3ccccc3)cc3c2CCC2(C3)OCCO2)c1. The molecule has 0 amide bonds. The number of nitrogens with zero attached hydrogens (tertiary/aromatic N) is 1. The van der Waals surface area contributed by atoms with Gasteiger partial charge in [-0.1, -0.05) is 36.4 Å². The lowest BCUT2D eigenvalue weighted by molar-refractivity contribution is -0.164. The van der Waals surface area contributed by atoms with Crippen molar-refractivity contribution in [3.8, 4) is 16.9 Å². The summed E-state index contributed by atoms with van der Waals surface area (Å²) in [5, 5.41) is 9.43. The van der Waals surface area contributed by atoms with E-state index in [1.165, 1.54) is 11.3 Å². The topological polar surface area (TPSA) is 60.7 Å². The molecule has 0 bridgehead atoms. The maximum absolute atomic E-state index is 11.5. The molecule has 0 radical (unpaired) electrons. The Labute approximate surface area is 163 Å². The lowest BCUT2D eigenvalue weighted by Crippen LogP contribution is -2.37. The minimum Gasteiger partial charge on any atom is -0.478 e. The molecule has 0 saturated carbocycles. The van der Waals surface area contributed by atoms with E-state index < -0.39 is 11.8 Å². The highest BCUT2D eigenvalue weighted by atomic mass is 16.7. The second kappa shape index (κ2) is 6.62. The first-order valence-corrected chi connectivity index (χ1v) is 9.56. The van der Waals surface area contributed by atoms with Gasteiger partial charge in [-0.2, -0.15) is 0 Å². The van der Waals surface area contributed by atoms with E-state index in [4.69, 9.17) is 9.47 Å². The molecule has 1 aliphatic carbocycles. The van der Waals surface area contributed by atoms with Crippen LogP contribution in [-0.4, -0.2) is 34.6 Å². The fourth-order valence-corrected chi connectivity index (χ4v) is 4.35. The van der Waals surface area contributed by atoms with Gasteiger partial charge in [0.1, 0.15) is 0 Å². The van der Waals surface area contributed by atoms with Gasteiger partial charge in [0, 0.05) is 24.2 Å². The number of fused-ring (bicyclic) bond motifs is 1. The summed E-state index contributed by atoms with van der Waals surface area (Å²) in [6.07, 6.45) is 2.34. The minimum absolute atomic E-state index is 0.286. The summed E-state index contributed by atoms with van der Waals surface area (Å²) in [5.41, 5.74) is 5.71. The fourth-order valence-electron chi connectivity index (χ4n) is 4.35. The number of rotatable bonds is 3. The smallest absolute Gasteiger partial charge is 0.335 e. The Balaban J connectivity index is 1.68. The fraction of sp³-hybridized carbons (Fsp3) is 0.261. The van der Waals surface area contributed by atoms with Crippen LogP contribution in [0, 0.1) is 0 Å². The molecular formula is C23H21NO4. The van der Waals surface area contributed by atoms with Crippen LogP contribution in [0.3, 0.4) is 0 Å². The normalized spacial score (nSPS) is 17.6. The molecule has 1 saturated heterocycles. The molecule has 1 fully saturated rings. The quantitative estimate of drug-likeness (QED) is 0.750. The van der Waals surface area contributed by atoms with Gasteiger partial charge >= 0.3 is 5.97 Å². The number of aromatic carboxylic acids is 1. The minimum atomic E-state index is -0.921. The Morgan fingerprint density at radius 3 is 2.54 bits per heavy atom. The third-order valence-corrected chi connectivity index (χ3v) is 5.63. The van der Waals surface area contributed by atoms with E-state index in [2.05, 4.69) is 22.8 Å². The molecule has 2 aromatic carbocycles. The Kier molecular flexibility index (Phi) is 4.07. The number of ether oxygens (including phenoxy) is 2. The van der Waals surface area contributed by atoms with Crippen LogP contribution in [0.5, 0.6) is 0 Å². The molecule has 3 aromatic rings. The highest BCUT2D eigenvalue weighted by Crippen LogP contribution is 2.40. The van der Waals surface area contributed by atoms with Gasteiger partial charge in [-0.25, -0.2) is 4.79 Å². The summed E-state index contributed by atoms with van der Waals surface area (Å²) in [6, 6.07) is 19.5. The van der Waals surface area contributed by atoms with E-state index in [0.717, 1.165) is 29.8 Å². The Morgan fingerprint density at radius 2 is 1.79 bits per heavy atom. The van der Waals surface area contributed by atoms with Gasteiger partial charge in [0.05, 0.1) is 24.5 Å². The molecule has 1 spiro atoms. The number of benzene rings is 2.